The van der Waals surface area contributed by atoms with E-state index >= 15 is 0 Å². The summed E-state index contributed by atoms with van der Waals surface area (Å²) in [7, 11) is 0. The average Bonchev–Trinajstić information content (AvgIpc) is 2.79. The molecule has 1 atom stereocenters. The zero-order valence-electron chi connectivity index (χ0n) is 10.3. The van der Waals surface area contributed by atoms with Gasteiger partial charge in [-0.25, -0.2) is 0 Å². The summed E-state index contributed by atoms with van der Waals surface area (Å²) >= 11 is 0. The van der Waals surface area contributed by atoms with Crippen LogP contribution in [0.4, 0.5) is 0 Å². The molecule has 0 fully saturated rings. The van der Waals surface area contributed by atoms with Crippen molar-refractivity contribution in [2.45, 2.75) is 51.6 Å². The third-order valence-electron chi connectivity index (χ3n) is 3.49. The number of rotatable bonds is 6. The highest BCUT2D eigenvalue weighted by molar-refractivity contribution is 5.76. The predicted molar refractivity (Wildman–Crippen MR) is 65.0 cm³/mol. The van der Waals surface area contributed by atoms with Crippen molar-refractivity contribution < 1.29 is 9.90 Å². The van der Waals surface area contributed by atoms with Gasteiger partial charge in [0.15, 0.2) is 0 Å². The first-order valence-electron chi connectivity index (χ1n) is 6.25. The van der Waals surface area contributed by atoms with Gasteiger partial charge in [0.1, 0.15) is 0 Å². The molecule has 3 heteroatoms. The highest BCUT2D eigenvalue weighted by atomic mass is 16.3. The molecule has 1 unspecified atom stereocenters. The highest BCUT2D eigenvalue weighted by Crippen LogP contribution is 2.20. The first kappa shape index (κ1) is 13.2. The minimum Gasteiger partial charge on any atom is -0.388 e. The zero-order valence-corrected chi connectivity index (χ0v) is 10.3. The molecule has 0 bridgehead atoms. The Morgan fingerprint density at radius 1 is 1.50 bits per heavy atom. The maximum Gasteiger partial charge on any atom is 0.220 e. The van der Waals surface area contributed by atoms with Crippen LogP contribution in [0.2, 0.25) is 0 Å². The molecule has 0 aromatic carbocycles. The predicted octanol–water partition coefficient (Wildman–Crippen LogP) is 2.01. The molecule has 0 saturated carbocycles. The molecule has 0 heterocycles. The molecule has 0 aliphatic heterocycles. The molecule has 1 aliphatic rings. The monoisotopic (exact) mass is 225 g/mol. The fraction of sp³-hybridized carbons (Fsp3) is 0.769. The van der Waals surface area contributed by atoms with Gasteiger partial charge >= 0.3 is 0 Å². The summed E-state index contributed by atoms with van der Waals surface area (Å²) in [4.78, 5) is 11.6. The first-order valence-corrected chi connectivity index (χ1v) is 6.25. The second kappa shape index (κ2) is 6.04. The molecular formula is C13H23NO2. The lowest BCUT2D eigenvalue weighted by atomic mass is 9.97. The molecule has 0 aromatic rings. The van der Waals surface area contributed by atoms with E-state index in [-0.39, 0.29) is 5.91 Å². The number of nitrogens with one attached hydrogen (secondary N) is 1. The standard InChI is InChI=1S/C13H23NO2/c1-3-13(16,4-2)10-14-12(15)9-11-7-5-6-8-11/h5,7,11,16H,3-4,6,8-10H2,1-2H3,(H,14,15). The molecule has 3 nitrogen and oxygen atoms in total. The van der Waals surface area contributed by atoms with E-state index in [2.05, 4.69) is 17.5 Å². The second-order valence-corrected chi connectivity index (χ2v) is 4.68. The van der Waals surface area contributed by atoms with Crippen LogP contribution < -0.4 is 5.32 Å². The number of aliphatic hydroxyl groups is 1. The number of amides is 1. The topological polar surface area (TPSA) is 49.3 Å². The fourth-order valence-corrected chi connectivity index (χ4v) is 1.94. The summed E-state index contributed by atoms with van der Waals surface area (Å²) in [6.45, 7) is 4.25. The number of allylic oxidation sites excluding steroid dienone is 2. The Morgan fingerprint density at radius 2 is 2.19 bits per heavy atom. The third-order valence-corrected chi connectivity index (χ3v) is 3.49. The average molecular weight is 225 g/mol. The van der Waals surface area contributed by atoms with Crippen molar-refractivity contribution in [1.29, 1.82) is 0 Å². The van der Waals surface area contributed by atoms with Crippen LogP contribution in [0.5, 0.6) is 0 Å². The lowest BCUT2D eigenvalue weighted by Crippen LogP contribution is -2.42. The van der Waals surface area contributed by atoms with E-state index in [0.29, 0.717) is 31.7 Å². The minimum atomic E-state index is -0.735. The summed E-state index contributed by atoms with van der Waals surface area (Å²) in [6, 6.07) is 0. The van der Waals surface area contributed by atoms with Gasteiger partial charge in [-0.15, -0.1) is 0 Å². The Balaban J connectivity index is 2.26. The molecule has 0 spiro atoms. The van der Waals surface area contributed by atoms with Crippen LogP contribution in [-0.2, 0) is 4.79 Å². The van der Waals surface area contributed by atoms with Crippen LogP contribution in [0.1, 0.15) is 46.0 Å². The van der Waals surface area contributed by atoms with E-state index in [0.717, 1.165) is 12.8 Å². The lowest BCUT2D eigenvalue weighted by molar-refractivity contribution is -0.123. The lowest BCUT2D eigenvalue weighted by Gasteiger charge is -2.25. The van der Waals surface area contributed by atoms with Gasteiger partial charge in [-0.1, -0.05) is 26.0 Å². The Bertz CT molecular complexity index is 257. The van der Waals surface area contributed by atoms with E-state index in [1.54, 1.807) is 0 Å². The van der Waals surface area contributed by atoms with Crippen LogP contribution in [0, 0.1) is 5.92 Å². The summed E-state index contributed by atoms with van der Waals surface area (Å²) in [5, 5.41) is 12.8. The van der Waals surface area contributed by atoms with Crippen molar-refractivity contribution in [1.82, 2.24) is 5.32 Å². The molecule has 0 aromatic heterocycles. The van der Waals surface area contributed by atoms with E-state index in [4.69, 9.17) is 0 Å². The summed E-state index contributed by atoms with van der Waals surface area (Å²) in [5.41, 5.74) is -0.735. The van der Waals surface area contributed by atoms with Gasteiger partial charge < -0.3 is 10.4 Å². The van der Waals surface area contributed by atoms with Crippen molar-refractivity contribution >= 4 is 5.91 Å². The van der Waals surface area contributed by atoms with Gasteiger partial charge in [-0.3, -0.25) is 4.79 Å². The third kappa shape index (κ3) is 3.97. The van der Waals surface area contributed by atoms with Gasteiger partial charge in [0, 0.05) is 13.0 Å². The smallest absolute Gasteiger partial charge is 0.220 e. The van der Waals surface area contributed by atoms with Gasteiger partial charge in [0.2, 0.25) is 5.91 Å². The number of carbonyl (C=O) groups excluding carboxylic acids is 1. The van der Waals surface area contributed by atoms with E-state index < -0.39 is 5.60 Å². The van der Waals surface area contributed by atoms with E-state index in [1.165, 1.54) is 0 Å². The van der Waals surface area contributed by atoms with Crippen LogP contribution in [-0.4, -0.2) is 23.2 Å². The van der Waals surface area contributed by atoms with Crippen LogP contribution in [0.3, 0.4) is 0 Å². The Hall–Kier alpha value is -0.830. The number of hydrogen-bond donors (Lipinski definition) is 2. The van der Waals surface area contributed by atoms with Crippen LogP contribution >= 0.6 is 0 Å². The van der Waals surface area contributed by atoms with Crippen LogP contribution in [0.25, 0.3) is 0 Å². The number of carbonyl (C=O) groups is 1. The summed E-state index contributed by atoms with van der Waals surface area (Å²) < 4.78 is 0. The van der Waals surface area contributed by atoms with Crippen molar-refractivity contribution in [3.8, 4) is 0 Å². The summed E-state index contributed by atoms with van der Waals surface area (Å²) in [6.07, 6.45) is 8.32. The van der Waals surface area contributed by atoms with Crippen molar-refractivity contribution in [2.24, 2.45) is 5.92 Å². The quantitative estimate of drug-likeness (QED) is 0.679. The van der Waals surface area contributed by atoms with Gasteiger partial charge in [-0.2, -0.15) is 0 Å². The first-order chi connectivity index (χ1) is 7.59. The molecule has 1 rings (SSSR count). The van der Waals surface area contributed by atoms with Crippen molar-refractivity contribution in [3.05, 3.63) is 12.2 Å². The van der Waals surface area contributed by atoms with Gasteiger partial charge in [0.25, 0.3) is 0 Å². The normalized spacial score (nSPS) is 20.1. The molecule has 92 valence electrons. The van der Waals surface area contributed by atoms with Gasteiger partial charge in [0.05, 0.1) is 5.60 Å². The Kier molecular flexibility index (Phi) is 5.00. The molecular weight excluding hydrogens is 202 g/mol. The van der Waals surface area contributed by atoms with Crippen LogP contribution in [0.15, 0.2) is 12.2 Å². The maximum atomic E-state index is 11.6. The Morgan fingerprint density at radius 3 is 2.69 bits per heavy atom. The summed E-state index contributed by atoms with van der Waals surface area (Å²) in [5.74, 6) is 0.452. The number of hydrogen-bond acceptors (Lipinski definition) is 2. The molecule has 0 radical (unpaired) electrons. The molecule has 1 amide bonds. The molecule has 16 heavy (non-hydrogen) atoms. The Labute approximate surface area is 97.9 Å². The minimum absolute atomic E-state index is 0.0527. The van der Waals surface area contributed by atoms with Crippen molar-refractivity contribution in [3.63, 3.8) is 0 Å². The second-order valence-electron chi connectivity index (χ2n) is 4.68. The zero-order chi connectivity index (χ0) is 12.0. The van der Waals surface area contributed by atoms with Crippen molar-refractivity contribution in [2.75, 3.05) is 6.54 Å². The fourth-order valence-electron chi connectivity index (χ4n) is 1.94. The maximum absolute atomic E-state index is 11.6. The van der Waals surface area contributed by atoms with E-state index in [9.17, 15) is 9.90 Å². The SMILES string of the molecule is CCC(O)(CC)CNC(=O)CC1C=CCC1. The molecule has 2 N–H and O–H groups in total. The largest absolute Gasteiger partial charge is 0.388 e. The van der Waals surface area contributed by atoms with E-state index in [1.807, 2.05) is 13.8 Å². The highest BCUT2D eigenvalue weighted by Gasteiger charge is 2.23. The molecule has 1 aliphatic carbocycles. The van der Waals surface area contributed by atoms with Gasteiger partial charge in [-0.05, 0) is 31.6 Å². The molecule has 0 saturated heterocycles.